The smallest absolute Gasteiger partial charge is 0.335 e. The van der Waals surface area contributed by atoms with Gasteiger partial charge < -0.3 is 15.3 Å². The Bertz CT molecular complexity index is 2110. The van der Waals surface area contributed by atoms with Crippen LogP contribution in [-0.4, -0.2) is 61.6 Å². The van der Waals surface area contributed by atoms with E-state index in [-0.39, 0.29) is 48.7 Å². The van der Waals surface area contributed by atoms with Crippen LogP contribution in [0, 0.1) is 0 Å². The first-order valence-electron chi connectivity index (χ1n) is 16.0. The van der Waals surface area contributed by atoms with E-state index in [0.717, 1.165) is 42.5 Å². The Labute approximate surface area is 297 Å². The Morgan fingerprint density at radius 1 is 0.412 bits per heavy atom. The number of rotatable bonds is 3. The average Bonchev–Trinajstić information content (AvgIpc) is 3.16. The van der Waals surface area contributed by atoms with Crippen LogP contribution in [0.25, 0.3) is 0 Å². The second-order valence-electron chi connectivity index (χ2n) is 9.21. The second-order valence-corrected chi connectivity index (χ2v) is 13.0. The van der Waals surface area contributed by atoms with Gasteiger partial charge in [-0.25, -0.2) is 31.2 Å². The number of fused-ring (bicyclic) bond motifs is 4. The molecule has 0 atom stereocenters. The third-order valence-corrected chi connectivity index (χ3v) is 10.4. The van der Waals surface area contributed by atoms with E-state index in [1.165, 1.54) is 30.3 Å². The summed E-state index contributed by atoms with van der Waals surface area (Å²) in [6.07, 6.45) is 0. The lowest BCUT2D eigenvalue weighted by Crippen LogP contribution is -2.21. The summed E-state index contributed by atoms with van der Waals surface area (Å²) in [6, 6.07) is 15.8. The zero-order valence-corrected chi connectivity index (χ0v) is 31.0. The van der Waals surface area contributed by atoms with Crippen LogP contribution >= 0.6 is 0 Å². The first-order chi connectivity index (χ1) is 24.2. The molecule has 2 aliphatic heterocycles. The quantitative estimate of drug-likeness (QED) is 0.163. The van der Waals surface area contributed by atoms with E-state index in [1.54, 1.807) is 6.07 Å². The number of carboxylic acid groups (broad SMARTS) is 3. The van der Waals surface area contributed by atoms with Crippen molar-refractivity contribution in [2.24, 2.45) is 0 Å². The maximum atomic E-state index is 12.7. The summed E-state index contributed by atoms with van der Waals surface area (Å²) < 4.78 is 50.2. The van der Waals surface area contributed by atoms with E-state index < -0.39 is 58.9 Å². The van der Waals surface area contributed by atoms with Gasteiger partial charge in [0.25, 0.3) is 0 Å². The highest BCUT2D eigenvalue weighted by Crippen LogP contribution is 2.36. The van der Waals surface area contributed by atoms with Crippen molar-refractivity contribution in [1.29, 1.82) is 0 Å². The SMILES string of the molecule is CC.CC.CC.CC.O=C(O)c1ccc2c(c1)S(=O)(=O)c1cc(C(=O)O)ccc1C2=O.O=C(O)c1ccc2c(c1)S(=O)(=O)c1ccccc1C2=O. The minimum absolute atomic E-state index is 0.00806. The van der Waals surface area contributed by atoms with Gasteiger partial charge >= 0.3 is 17.9 Å². The van der Waals surface area contributed by atoms with E-state index in [0.29, 0.717) is 0 Å². The van der Waals surface area contributed by atoms with Crippen LogP contribution in [0.4, 0.5) is 0 Å². The molecule has 6 rings (SSSR count). The first-order valence-corrected chi connectivity index (χ1v) is 18.9. The van der Waals surface area contributed by atoms with Crippen LogP contribution < -0.4 is 0 Å². The molecular formula is C37H40O12S2. The molecule has 2 aliphatic rings. The van der Waals surface area contributed by atoms with Crippen LogP contribution in [-0.2, 0) is 19.7 Å². The van der Waals surface area contributed by atoms with Gasteiger partial charge in [0.05, 0.1) is 36.3 Å². The summed E-state index contributed by atoms with van der Waals surface area (Å²) in [5.74, 6) is -4.92. The van der Waals surface area contributed by atoms with Crippen molar-refractivity contribution in [3.05, 3.63) is 118 Å². The molecule has 0 amide bonds. The summed E-state index contributed by atoms with van der Waals surface area (Å²) in [4.78, 5) is 56.4. The largest absolute Gasteiger partial charge is 0.478 e. The number of sulfone groups is 2. The summed E-state index contributed by atoms with van der Waals surface area (Å²) in [6.45, 7) is 16.0. The van der Waals surface area contributed by atoms with Crippen LogP contribution in [0.5, 0.6) is 0 Å². The maximum absolute atomic E-state index is 12.7. The van der Waals surface area contributed by atoms with Gasteiger partial charge in [0.15, 0.2) is 11.6 Å². The van der Waals surface area contributed by atoms with Crippen molar-refractivity contribution >= 4 is 49.1 Å². The Hall–Kier alpha value is -5.47. The number of ketones is 2. The summed E-state index contributed by atoms with van der Waals surface area (Å²) in [7, 11) is -8.07. The Morgan fingerprint density at radius 2 is 0.667 bits per heavy atom. The third-order valence-electron chi connectivity index (χ3n) is 6.71. The second kappa shape index (κ2) is 18.5. The molecule has 0 bridgehead atoms. The number of carbonyl (C=O) groups excluding carboxylic acids is 2. The van der Waals surface area contributed by atoms with Crippen LogP contribution in [0.2, 0.25) is 0 Å². The lowest BCUT2D eigenvalue weighted by Gasteiger charge is -2.19. The molecule has 2 heterocycles. The number of aromatic carboxylic acids is 3. The fraction of sp³-hybridized carbons (Fsp3) is 0.216. The highest BCUT2D eigenvalue weighted by atomic mass is 32.2. The molecule has 0 unspecified atom stereocenters. The summed E-state index contributed by atoms with van der Waals surface area (Å²) >= 11 is 0. The van der Waals surface area contributed by atoms with Gasteiger partial charge in [-0.3, -0.25) is 9.59 Å². The third kappa shape index (κ3) is 8.64. The lowest BCUT2D eigenvalue weighted by atomic mass is 10.00. The van der Waals surface area contributed by atoms with Crippen molar-refractivity contribution in [3.63, 3.8) is 0 Å². The molecule has 0 fully saturated rings. The zero-order valence-electron chi connectivity index (χ0n) is 29.3. The minimum atomic E-state index is -4.19. The zero-order chi connectivity index (χ0) is 39.4. The highest BCUT2D eigenvalue weighted by Gasteiger charge is 2.37. The predicted octanol–water partition coefficient (Wildman–Crippen LogP) is 7.33. The van der Waals surface area contributed by atoms with Crippen molar-refractivity contribution in [2.75, 3.05) is 0 Å². The van der Waals surface area contributed by atoms with Gasteiger partial charge in [0, 0.05) is 22.3 Å². The number of carboxylic acids is 3. The van der Waals surface area contributed by atoms with Gasteiger partial charge in [-0.2, -0.15) is 0 Å². The minimum Gasteiger partial charge on any atom is -0.478 e. The summed E-state index contributed by atoms with van der Waals surface area (Å²) in [5.41, 5.74) is -0.872. The van der Waals surface area contributed by atoms with Gasteiger partial charge in [-0.1, -0.05) is 67.5 Å². The maximum Gasteiger partial charge on any atom is 0.335 e. The van der Waals surface area contributed by atoms with E-state index in [9.17, 15) is 40.8 Å². The Kier molecular flexibility index (Phi) is 15.8. The van der Waals surface area contributed by atoms with Gasteiger partial charge in [-0.15, -0.1) is 0 Å². The molecule has 51 heavy (non-hydrogen) atoms. The number of benzene rings is 4. The van der Waals surface area contributed by atoms with E-state index >= 15 is 0 Å². The molecule has 3 N–H and O–H groups in total. The van der Waals surface area contributed by atoms with Crippen LogP contribution in [0.3, 0.4) is 0 Å². The number of hydrogen-bond donors (Lipinski definition) is 3. The standard InChI is InChI=1S/C15H8O7S.C14H8O5S.4C2H6/c16-13-9-3-1-7(14(17)18)5-11(9)23(21,22)12-6-8(15(19)20)2-4-10(12)13;15-13-9-3-1-2-4-11(9)20(18,19)12-7-8(14(16)17)5-6-10(12)13;4*1-2/h1-6H,(H,17,18)(H,19,20);1-7H,(H,16,17);4*1-2H3. The Balaban J connectivity index is 0.000000429. The number of hydrogen-bond acceptors (Lipinski definition) is 9. The van der Waals surface area contributed by atoms with E-state index in [1.807, 2.05) is 55.4 Å². The molecule has 0 aliphatic carbocycles. The topological polar surface area (TPSA) is 214 Å². The molecule has 0 radical (unpaired) electrons. The van der Waals surface area contributed by atoms with Crippen molar-refractivity contribution in [2.45, 2.75) is 75.0 Å². The molecule has 0 spiro atoms. The first kappa shape index (κ1) is 43.6. The average molecular weight is 741 g/mol. The molecule has 12 nitrogen and oxygen atoms in total. The fourth-order valence-electron chi connectivity index (χ4n) is 4.61. The Morgan fingerprint density at radius 3 is 0.961 bits per heavy atom. The number of carbonyl (C=O) groups is 5. The molecular weight excluding hydrogens is 701 g/mol. The molecule has 4 aromatic carbocycles. The lowest BCUT2D eigenvalue weighted by molar-refractivity contribution is 0.0685. The van der Waals surface area contributed by atoms with Gasteiger partial charge in [0.2, 0.25) is 19.7 Å². The van der Waals surface area contributed by atoms with Crippen molar-refractivity contribution in [3.8, 4) is 0 Å². The monoisotopic (exact) mass is 740 g/mol. The molecule has 0 saturated heterocycles. The van der Waals surface area contributed by atoms with E-state index in [2.05, 4.69) is 0 Å². The van der Waals surface area contributed by atoms with E-state index in [4.69, 9.17) is 15.3 Å². The summed E-state index contributed by atoms with van der Waals surface area (Å²) in [5, 5.41) is 26.9. The molecule has 0 aromatic heterocycles. The molecule has 14 heteroatoms. The predicted molar refractivity (Wildman–Crippen MR) is 190 cm³/mol. The molecule has 272 valence electrons. The molecule has 4 aromatic rings. The fourth-order valence-corrected chi connectivity index (χ4v) is 7.99. The normalized spacial score (nSPS) is 13.1. The van der Waals surface area contributed by atoms with Crippen LogP contribution in [0.15, 0.2) is 98.4 Å². The van der Waals surface area contributed by atoms with Crippen molar-refractivity contribution < 1.29 is 56.1 Å². The van der Waals surface area contributed by atoms with Crippen molar-refractivity contribution in [1.82, 2.24) is 0 Å². The van der Waals surface area contributed by atoms with Crippen LogP contribution in [0.1, 0.15) is 118 Å². The molecule has 0 saturated carbocycles. The van der Waals surface area contributed by atoms with Gasteiger partial charge in [-0.05, 0) is 66.7 Å². The van der Waals surface area contributed by atoms with Gasteiger partial charge in [0.1, 0.15) is 0 Å². The highest BCUT2D eigenvalue weighted by molar-refractivity contribution is 7.92.